The van der Waals surface area contributed by atoms with Crippen LogP contribution in [0.2, 0.25) is 0 Å². The van der Waals surface area contributed by atoms with Crippen LogP contribution in [0.1, 0.15) is 74.4 Å². The van der Waals surface area contributed by atoms with Gasteiger partial charge in [0.05, 0.1) is 7.11 Å². The normalized spacial score (nSPS) is 31.5. The molecule has 3 atom stereocenters. The second-order valence-corrected chi connectivity index (χ2v) is 8.91. The van der Waals surface area contributed by atoms with Crippen LogP contribution in [0.5, 0.6) is 11.5 Å². The fourth-order valence-corrected chi connectivity index (χ4v) is 5.67. The Balaban J connectivity index is 2.10. The van der Waals surface area contributed by atoms with Gasteiger partial charge in [0, 0.05) is 22.6 Å². The van der Waals surface area contributed by atoms with Crippen LogP contribution in [0.4, 0.5) is 0 Å². The van der Waals surface area contributed by atoms with E-state index < -0.39 is 11.5 Å². The Bertz CT molecular complexity index is 822. The molecule has 1 aliphatic heterocycles. The lowest BCUT2D eigenvalue weighted by Crippen LogP contribution is -2.54. The van der Waals surface area contributed by atoms with Gasteiger partial charge in [0.25, 0.3) is 0 Å². The number of fused-ring (bicyclic) bond motifs is 1. The molecule has 0 amide bonds. The molecule has 0 spiro atoms. The lowest BCUT2D eigenvalue weighted by atomic mass is 9.49. The summed E-state index contributed by atoms with van der Waals surface area (Å²) in [7, 11) is 1.48. The molecule has 2 fully saturated rings. The monoisotopic (exact) mass is 358 g/mol. The standard InChI is InChI=1S/C21H26O5/c1-10(2)11-9-12-13(16(25-5)14(11)22)21-8-6-7-20(3,4)18(21)17(15(12)23)26-19(21)24/h9-10,17-18,22H,6-8H2,1-5H3/t17-,18+,21+/m1/s1. The summed E-state index contributed by atoms with van der Waals surface area (Å²) in [6, 6.07) is 1.74. The Morgan fingerprint density at radius 1 is 1.27 bits per heavy atom. The molecule has 1 heterocycles. The van der Waals surface area contributed by atoms with Crippen molar-refractivity contribution in [1.82, 2.24) is 0 Å². The molecule has 4 rings (SSSR count). The van der Waals surface area contributed by atoms with E-state index in [9.17, 15) is 14.7 Å². The maximum atomic E-state index is 13.3. The minimum absolute atomic E-state index is 0.0225. The zero-order chi connectivity index (χ0) is 19.0. The van der Waals surface area contributed by atoms with E-state index in [4.69, 9.17) is 9.47 Å². The summed E-state index contributed by atoms with van der Waals surface area (Å²) >= 11 is 0. The van der Waals surface area contributed by atoms with Crippen LogP contribution < -0.4 is 4.74 Å². The van der Waals surface area contributed by atoms with Gasteiger partial charge in [0.1, 0.15) is 5.41 Å². The van der Waals surface area contributed by atoms with Crippen LogP contribution in [0.3, 0.4) is 0 Å². The molecule has 26 heavy (non-hydrogen) atoms. The van der Waals surface area contributed by atoms with Gasteiger partial charge in [0.15, 0.2) is 17.6 Å². The Kier molecular flexibility index (Phi) is 3.50. The third-order valence-corrected chi connectivity index (χ3v) is 6.75. The summed E-state index contributed by atoms with van der Waals surface area (Å²) in [6.07, 6.45) is 1.69. The number of ketones is 1. The van der Waals surface area contributed by atoms with Gasteiger partial charge in [0.2, 0.25) is 5.78 Å². The number of methoxy groups -OCH3 is 1. The number of rotatable bonds is 2. The quantitative estimate of drug-likeness (QED) is 0.816. The number of phenols is 1. The summed E-state index contributed by atoms with van der Waals surface area (Å²) in [5, 5.41) is 10.8. The Morgan fingerprint density at radius 2 is 1.96 bits per heavy atom. The van der Waals surface area contributed by atoms with Gasteiger partial charge in [-0.3, -0.25) is 9.59 Å². The van der Waals surface area contributed by atoms with Crippen molar-refractivity contribution in [3.63, 3.8) is 0 Å². The second-order valence-electron chi connectivity index (χ2n) is 8.91. The Hall–Kier alpha value is -2.04. The lowest BCUT2D eigenvalue weighted by Gasteiger charge is -2.50. The third kappa shape index (κ3) is 1.86. The number of Topliss-reactive ketones (excluding diaryl/α,β-unsaturated/α-hetero) is 1. The van der Waals surface area contributed by atoms with Gasteiger partial charge >= 0.3 is 5.97 Å². The molecule has 0 radical (unpaired) electrons. The zero-order valence-electron chi connectivity index (χ0n) is 16.0. The van der Waals surface area contributed by atoms with Crippen LogP contribution in [0.15, 0.2) is 6.07 Å². The number of phenolic OH excluding ortho intramolecular Hbond substituents is 1. The number of benzene rings is 1. The summed E-state index contributed by atoms with van der Waals surface area (Å²) in [4.78, 5) is 26.4. The van der Waals surface area contributed by atoms with E-state index in [1.807, 2.05) is 13.8 Å². The molecule has 1 saturated carbocycles. The van der Waals surface area contributed by atoms with Crippen molar-refractivity contribution in [3.05, 3.63) is 22.8 Å². The largest absolute Gasteiger partial charge is 0.504 e. The van der Waals surface area contributed by atoms with Crippen molar-refractivity contribution in [1.29, 1.82) is 0 Å². The highest BCUT2D eigenvalue weighted by Gasteiger charge is 2.70. The van der Waals surface area contributed by atoms with Gasteiger partial charge < -0.3 is 14.6 Å². The van der Waals surface area contributed by atoms with Crippen molar-refractivity contribution < 1.29 is 24.2 Å². The maximum Gasteiger partial charge on any atom is 0.317 e. The summed E-state index contributed by atoms with van der Waals surface area (Å²) in [5.74, 6) is -0.420. The molecule has 1 aromatic rings. The predicted molar refractivity (Wildman–Crippen MR) is 95.8 cm³/mol. The molecule has 5 heteroatoms. The molecule has 1 N–H and O–H groups in total. The molecular formula is C21H26O5. The molecule has 2 aliphatic carbocycles. The van der Waals surface area contributed by atoms with Crippen molar-refractivity contribution in [2.45, 2.75) is 64.4 Å². The molecule has 0 unspecified atom stereocenters. The van der Waals surface area contributed by atoms with E-state index >= 15 is 0 Å². The summed E-state index contributed by atoms with van der Waals surface area (Å²) < 4.78 is 11.3. The first-order valence-electron chi connectivity index (χ1n) is 9.36. The minimum Gasteiger partial charge on any atom is -0.504 e. The third-order valence-electron chi connectivity index (χ3n) is 6.75. The van der Waals surface area contributed by atoms with E-state index in [1.54, 1.807) is 6.07 Å². The zero-order valence-corrected chi connectivity index (χ0v) is 16.0. The molecule has 1 saturated heterocycles. The molecule has 140 valence electrons. The number of carbonyl (C=O) groups excluding carboxylic acids is 2. The van der Waals surface area contributed by atoms with Crippen molar-refractivity contribution in [3.8, 4) is 11.5 Å². The van der Waals surface area contributed by atoms with E-state index in [0.29, 0.717) is 23.1 Å². The molecule has 3 aliphatic rings. The first kappa shape index (κ1) is 17.4. The highest BCUT2D eigenvalue weighted by atomic mass is 16.6. The number of carbonyl (C=O) groups is 2. The number of ether oxygens (including phenoxy) is 2. The molecule has 1 aromatic carbocycles. The van der Waals surface area contributed by atoms with Gasteiger partial charge in [-0.2, -0.15) is 0 Å². The van der Waals surface area contributed by atoms with Gasteiger partial charge in [-0.1, -0.05) is 34.1 Å². The van der Waals surface area contributed by atoms with Gasteiger partial charge in [-0.25, -0.2) is 0 Å². The second kappa shape index (κ2) is 5.24. The van der Waals surface area contributed by atoms with Crippen molar-refractivity contribution >= 4 is 11.8 Å². The first-order chi connectivity index (χ1) is 12.2. The first-order valence-corrected chi connectivity index (χ1v) is 9.36. The average Bonchev–Trinajstić information content (AvgIpc) is 2.84. The Morgan fingerprint density at radius 3 is 2.58 bits per heavy atom. The highest BCUT2D eigenvalue weighted by molar-refractivity contribution is 6.11. The fourth-order valence-electron chi connectivity index (χ4n) is 5.67. The fraction of sp³-hybridized carbons (Fsp3) is 0.619. The van der Waals surface area contributed by atoms with Crippen LogP contribution in [0.25, 0.3) is 0 Å². The van der Waals surface area contributed by atoms with Crippen LogP contribution >= 0.6 is 0 Å². The minimum atomic E-state index is -0.909. The molecule has 0 aromatic heterocycles. The summed E-state index contributed by atoms with van der Waals surface area (Å²) in [5.41, 5.74) is 0.565. The number of hydrogen-bond donors (Lipinski definition) is 1. The number of esters is 1. The molecular weight excluding hydrogens is 332 g/mol. The topological polar surface area (TPSA) is 72.8 Å². The highest BCUT2D eigenvalue weighted by Crippen LogP contribution is 2.64. The van der Waals surface area contributed by atoms with E-state index in [2.05, 4.69) is 13.8 Å². The smallest absolute Gasteiger partial charge is 0.317 e. The predicted octanol–water partition coefficient (Wildman–Crippen LogP) is 3.71. The van der Waals surface area contributed by atoms with Crippen LogP contribution in [-0.4, -0.2) is 30.1 Å². The van der Waals surface area contributed by atoms with Gasteiger partial charge in [-0.05, 0) is 30.2 Å². The van der Waals surface area contributed by atoms with Crippen LogP contribution in [0, 0.1) is 11.3 Å². The number of aromatic hydroxyl groups is 1. The average molecular weight is 358 g/mol. The Labute approximate surface area is 153 Å². The van der Waals surface area contributed by atoms with Crippen LogP contribution in [-0.2, 0) is 14.9 Å². The van der Waals surface area contributed by atoms with Crippen molar-refractivity contribution in [2.75, 3.05) is 7.11 Å². The van der Waals surface area contributed by atoms with Crippen molar-refractivity contribution in [2.24, 2.45) is 11.3 Å². The summed E-state index contributed by atoms with van der Waals surface area (Å²) in [6.45, 7) is 8.12. The SMILES string of the molecule is COc1c(O)c(C(C)C)cc2c1[C@@]13CCCC(C)(C)[C@@H]1[C@H](OC3=O)C2=O. The van der Waals surface area contributed by atoms with E-state index in [0.717, 1.165) is 12.8 Å². The van der Waals surface area contributed by atoms with E-state index in [-0.39, 0.29) is 40.5 Å². The van der Waals surface area contributed by atoms with Gasteiger partial charge in [-0.15, -0.1) is 0 Å². The molecule has 5 nitrogen and oxygen atoms in total. The maximum absolute atomic E-state index is 13.3. The number of hydrogen-bond acceptors (Lipinski definition) is 5. The van der Waals surface area contributed by atoms with E-state index in [1.165, 1.54) is 7.11 Å². The molecule has 2 bridgehead atoms. The lowest BCUT2D eigenvalue weighted by molar-refractivity contribution is -0.144.